The van der Waals surface area contributed by atoms with Gasteiger partial charge in [-0.05, 0) is 37.7 Å². The molecule has 106 valence electrons. The summed E-state index contributed by atoms with van der Waals surface area (Å²) in [4.78, 5) is 11.5. The number of carbonyl (C=O) groups excluding carboxylic acids is 1. The zero-order chi connectivity index (χ0) is 12.8. The molecule has 0 aliphatic carbocycles. The third-order valence-corrected chi connectivity index (χ3v) is 2.76. The molecule has 1 heterocycles. The lowest BCUT2D eigenvalue weighted by atomic mass is 10.2. The van der Waals surface area contributed by atoms with Gasteiger partial charge in [0.05, 0.1) is 0 Å². The lowest BCUT2D eigenvalue weighted by molar-refractivity contribution is -0.121. The quantitative estimate of drug-likeness (QED) is 0.777. The van der Waals surface area contributed by atoms with Gasteiger partial charge in [-0.15, -0.1) is 12.4 Å². The van der Waals surface area contributed by atoms with E-state index in [0.29, 0.717) is 13.0 Å². The molecule has 19 heavy (non-hydrogen) atoms. The molecule has 0 fully saturated rings. The molecule has 1 amide bonds. The predicted octanol–water partition coefficient (Wildman–Crippen LogP) is 1.45. The van der Waals surface area contributed by atoms with Crippen LogP contribution in [-0.2, 0) is 11.3 Å². The van der Waals surface area contributed by atoms with Gasteiger partial charge < -0.3 is 20.1 Å². The highest BCUT2D eigenvalue weighted by Gasteiger charge is 2.13. The molecule has 1 aliphatic rings. The molecule has 0 saturated carbocycles. The number of amides is 1. The van der Waals surface area contributed by atoms with E-state index in [1.165, 1.54) is 0 Å². The summed E-state index contributed by atoms with van der Waals surface area (Å²) in [6, 6.07) is 5.70. The Labute approximate surface area is 119 Å². The zero-order valence-corrected chi connectivity index (χ0v) is 11.7. The van der Waals surface area contributed by atoms with Crippen LogP contribution in [0.2, 0.25) is 0 Å². The van der Waals surface area contributed by atoms with Crippen LogP contribution in [0.25, 0.3) is 0 Å². The van der Waals surface area contributed by atoms with Crippen molar-refractivity contribution >= 4 is 18.3 Å². The van der Waals surface area contributed by atoms with Crippen LogP contribution in [0.4, 0.5) is 0 Å². The Morgan fingerprint density at radius 1 is 1.32 bits per heavy atom. The molecule has 0 aromatic heterocycles. The van der Waals surface area contributed by atoms with Crippen LogP contribution in [0, 0.1) is 0 Å². The van der Waals surface area contributed by atoms with Crippen molar-refractivity contribution in [1.82, 2.24) is 10.6 Å². The van der Waals surface area contributed by atoms with E-state index in [0.717, 1.165) is 30.0 Å². The van der Waals surface area contributed by atoms with Crippen molar-refractivity contribution in [2.75, 3.05) is 20.4 Å². The molecule has 0 radical (unpaired) electrons. The smallest absolute Gasteiger partial charge is 0.231 e. The second kappa shape index (κ2) is 7.86. The minimum atomic E-state index is 0. The lowest BCUT2D eigenvalue weighted by Gasteiger charge is -2.06. The van der Waals surface area contributed by atoms with Crippen molar-refractivity contribution in [3.63, 3.8) is 0 Å². The van der Waals surface area contributed by atoms with E-state index in [4.69, 9.17) is 9.47 Å². The van der Waals surface area contributed by atoms with Crippen molar-refractivity contribution in [3.05, 3.63) is 23.8 Å². The molecule has 1 aliphatic heterocycles. The Hall–Kier alpha value is -1.46. The van der Waals surface area contributed by atoms with Crippen LogP contribution in [0.15, 0.2) is 18.2 Å². The monoisotopic (exact) mass is 286 g/mol. The molecule has 1 aromatic carbocycles. The average Bonchev–Trinajstić information content (AvgIpc) is 2.84. The minimum absolute atomic E-state index is 0. The van der Waals surface area contributed by atoms with Crippen molar-refractivity contribution in [3.8, 4) is 11.5 Å². The highest BCUT2D eigenvalue weighted by molar-refractivity contribution is 5.85. The normalized spacial score (nSPS) is 11.8. The molecule has 0 atom stereocenters. The summed E-state index contributed by atoms with van der Waals surface area (Å²) in [5.41, 5.74) is 1.02. The maximum absolute atomic E-state index is 11.5. The van der Waals surface area contributed by atoms with Crippen molar-refractivity contribution in [2.45, 2.75) is 19.4 Å². The highest BCUT2D eigenvalue weighted by Crippen LogP contribution is 2.32. The molecule has 2 N–H and O–H groups in total. The molecular weight excluding hydrogens is 268 g/mol. The fourth-order valence-corrected chi connectivity index (χ4v) is 1.77. The Kier molecular flexibility index (Phi) is 6.45. The third kappa shape index (κ3) is 4.61. The van der Waals surface area contributed by atoms with Crippen LogP contribution >= 0.6 is 12.4 Å². The van der Waals surface area contributed by atoms with Gasteiger partial charge >= 0.3 is 0 Å². The Morgan fingerprint density at radius 2 is 2.11 bits per heavy atom. The van der Waals surface area contributed by atoms with Crippen molar-refractivity contribution < 1.29 is 14.3 Å². The van der Waals surface area contributed by atoms with Gasteiger partial charge in [-0.2, -0.15) is 0 Å². The van der Waals surface area contributed by atoms with Gasteiger partial charge in [0.2, 0.25) is 12.7 Å². The minimum Gasteiger partial charge on any atom is -0.454 e. The number of benzene rings is 1. The van der Waals surface area contributed by atoms with E-state index in [1.54, 1.807) is 0 Å². The molecule has 1 aromatic rings. The molecule has 0 unspecified atom stereocenters. The van der Waals surface area contributed by atoms with Crippen LogP contribution < -0.4 is 20.1 Å². The maximum atomic E-state index is 11.5. The van der Waals surface area contributed by atoms with Crippen LogP contribution in [0.5, 0.6) is 11.5 Å². The van der Waals surface area contributed by atoms with E-state index in [9.17, 15) is 4.79 Å². The van der Waals surface area contributed by atoms with Crippen LogP contribution in [0.3, 0.4) is 0 Å². The third-order valence-electron chi connectivity index (χ3n) is 2.76. The summed E-state index contributed by atoms with van der Waals surface area (Å²) in [5, 5.41) is 5.90. The molecule has 0 bridgehead atoms. The average molecular weight is 287 g/mol. The van der Waals surface area contributed by atoms with Crippen molar-refractivity contribution in [1.29, 1.82) is 0 Å². The summed E-state index contributed by atoms with van der Waals surface area (Å²) in [6.45, 7) is 1.65. The van der Waals surface area contributed by atoms with Crippen molar-refractivity contribution in [2.24, 2.45) is 0 Å². The first-order valence-corrected chi connectivity index (χ1v) is 6.09. The summed E-state index contributed by atoms with van der Waals surface area (Å²) < 4.78 is 10.5. The first-order valence-electron chi connectivity index (χ1n) is 6.09. The Morgan fingerprint density at radius 3 is 2.89 bits per heavy atom. The number of nitrogens with one attached hydrogen (secondary N) is 2. The highest BCUT2D eigenvalue weighted by atomic mass is 35.5. The lowest BCUT2D eigenvalue weighted by Crippen LogP contribution is -2.23. The number of hydrogen-bond donors (Lipinski definition) is 2. The second-order valence-electron chi connectivity index (χ2n) is 4.17. The van der Waals surface area contributed by atoms with E-state index >= 15 is 0 Å². The number of ether oxygens (including phenoxy) is 2. The van der Waals surface area contributed by atoms with E-state index in [1.807, 2.05) is 25.2 Å². The summed E-state index contributed by atoms with van der Waals surface area (Å²) >= 11 is 0. The largest absolute Gasteiger partial charge is 0.454 e. The predicted molar refractivity (Wildman–Crippen MR) is 74.8 cm³/mol. The topological polar surface area (TPSA) is 59.6 Å². The first kappa shape index (κ1) is 15.6. The molecule has 6 heteroatoms. The van der Waals surface area contributed by atoms with Gasteiger partial charge in [0.15, 0.2) is 11.5 Å². The molecule has 0 saturated heterocycles. The van der Waals surface area contributed by atoms with Gasteiger partial charge in [-0.25, -0.2) is 0 Å². The molecule has 5 nitrogen and oxygen atoms in total. The van der Waals surface area contributed by atoms with Gasteiger partial charge in [-0.3, -0.25) is 4.79 Å². The maximum Gasteiger partial charge on any atom is 0.231 e. The number of carbonyl (C=O) groups is 1. The molecule has 0 spiro atoms. The Bertz CT molecular complexity index is 426. The van der Waals surface area contributed by atoms with E-state index in [-0.39, 0.29) is 25.1 Å². The van der Waals surface area contributed by atoms with Gasteiger partial charge in [0.1, 0.15) is 0 Å². The van der Waals surface area contributed by atoms with Crippen LogP contribution in [0.1, 0.15) is 18.4 Å². The summed E-state index contributed by atoms with van der Waals surface area (Å²) in [7, 11) is 1.88. The number of fused-ring (bicyclic) bond motifs is 1. The number of halogens is 1. The SMILES string of the molecule is CNCCCC(=O)NCc1ccc2c(c1)OCO2.Cl. The standard InChI is InChI=1S/C13H18N2O3.ClH/c1-14-6-2-3-13(16)15-8-10-4-5-11-12(7-10)18-9-17-11;/h4-5,7,14H,2-3,6,8-9H2,1H3,(H,15,16);1H. The summed E-state index contributed by atoms with van der Waals surface area (Å²) in [5.74, 6) is 1.58. The number of rotatable bonds is 6. The van der Waals surface area contributed by atoms with Crippen LogP contribution in [-0.4, -0.2) is 26.3 Å². The molecular formula is C13H19ClN2O3. The van der Waals surface area contributed by atoms with E-state index in [2.05, 4.69) is 10.6 Å². The summed E-state index contributed by atoms with van der Waals surface area (Å²) in [6.07, 6.45) is 1.40. The molecule has 2 rings (SSSR count). The second-order valence-corrected chi connectivity index (χ2v) is 4.17. The van der Waals surface area contributed by atoms with Gasteiger partial charge in [0.25, 0.3) is 0 Å². The zero-order valence-electron chi connectivity index (χ0n) is 10.9. The van der Waals surface area contributed by atoms with Gasteiger partial charge in [0, 0.05) is 13.0 Å². The first-order chi connectivity index (χ1) is 8.79. The van der Waals surface area contributed by atoms with E-state index < -0.39 is 0 Å². The number of hydrogen-bond acceptors (Lipinski definition) is 4. The van der Waals surface area contributed by atoms with Gasteiger partial charge in [-0.1, -0.05) is 6.07 Å². The fourth-order valence-electron chi connectivity index (χ4n) is 1.77. The Balaban J connectivity index is 0.00000180. The fraction of sp³-hybridized carbons (Fsp3) is 0.462.